The molecule has 0 spiro atoms. The van der Waals surface area contributed by atoms with Crippen LogP contribution in [0.25, 0.3) is 0 Å². The van der Waals surface area contributed by atoms with Gasteiger partial charge in [0.2, 0.25) is 0 Å². The lowest BCUT2D eigenvalue weighted by Gasteiger charge is -2.34. The molecule has 0 saturated heterocycles. The van der Waals surface area contributed by atoms with E-state index in [0.29, 0.717) is 5.41 Å². The van der Waals surface area contributed by atoms with Gasteiger partial charge in [0.15, 0.2) is 0 Å². The quantitative estimate of drug-likeness (QED) is 0.683. The van der Waals surface area contributed by atoms with Gasteiger partial charge in [-0.25, -0.2) is 0 Å². The number of para-hydroxylation sites is 1. The first-order valence-electron chi connectivity index (χ1n) is 8.04. The average molecular weight is 277 g/mol. The summed E-state index contributed by atoms with van der Waals surface area (Å²) in [5.74, 6) is 1.03. The van der Waals surface area contributed by atoms with Crippen LogP contribution in [0.15, 0.2) is 24.3 Å². The van der Waals surface area contributed by atoms with Crippen molar-refractivity contribution in [3.8, 4) is 5.75 Å². The Balaban J connectivity index is 2.91. The molecule has 20 heavy (non-hydrogen) atoms. The van der Waals surface area contributed by atoms with Crippen molar-refractivity contribution in [2.45, 2.75) is 52.9 Å². The molecule has 0 saturated carbocycles. The highest BCUT2D eigenvalue weighted by Crippen LogP contribution is 2.35. The van der Waals surface area contributed by atoms with Gasteiger partial charge in [0.25, 0.3) is 0 Å². The number of unbranched alkanes of at least 4 members (excludes halogenated alkanes) is 1. The fourth-order valence-corrected chi connectivity index (χ4v) is 2.86. The molecule has 1 rings (SSSR count). The Hall–Kier alpha value is -1.02. The van der Waals surface area contributed by atoms with Gasteiger partial charge in [-0.1, -0.05) is 51.8 Å². The number of hydrogen-bond donors (Lipinski definition) is 1. The predicted molar refractivity (Wildman–Crippen MR) is 87.5 cm³/mol. The van der Waals surface area contributed by atoms with E-state index in [1.807, 2.05) is 6.07 Å². The van der Waals surface area contributed by atoms with Crippen LogP contribution in [0.1, 0.15) is 52.0 Å². The Kier molecular flexibility index (Phi) is 7.68. The van der Waals surface area contributed by atoms with E-state index in [1.165, 1.54) is 31.2 Å². The summed E-state index contributed by atoms with van der Waals surface area (Å²) >= 11 is 0. The molecule has 2 heteroatoms. The van der Waals surface area contributed by atoms with Crippen LogP contribution in [0.3, 0.4) is 0 Å². The minimum Gasteiger partial charge on any atom is -0.496 e. The van der Waals surface area contributed by atoms with Crippen molar-refractivity contribution in [2.24, 2.45) is 5.41 Å². The lowest BCUT2D eigenvalue weighted by molar-refractivity contribution is 0.228. The zero-order chi connectivity index (χ0) is 14.8. The van der Waals surface area contributed by atoms with Crippen LogP contribution < -0.4 is 10.1 Å². The molecule has 0 bridgehead atoms. The van der Waals surface area contributed by atoms with E-state index in [1.54, 1.807) is 7.11 Å². The van der Waals surface area contributed by atoms with Crippen molar-refractivity contribution in [1.82, 2.24) is 5.32 Å². The summed E-state index contributed by atoms with van der Waals surface area (Å²) in [7, 11) is 1.77. The molecule has 1 N–H and O–H groups in total. The topological polar surface area (TPSA) is 21.3 Å². The van der Waals surface area contributed by atoms with Gasteiger partial charge in [-0.2, -0.15) is 0 Å². The minimum absolute atomic E-state index is 0.348. The Morgan fingerprint density at radius 1 is 1.15 bits per heavy atom. The average Bonchev–Trinajstić information content (AvgIpc) is 2.50. The summed E-state index contributed by atoms with van der Waals surface area (Å²) in [5, 5.41) is 3.57. The molecular weight excluding hydrogens is 246 g/mol. The highest BCUT2D eigenvalue weighted by Gasteiger charge is 2.28. The predicted octanol–water partition coefficient (Wildman–Crippen LogP) is 4.43. The number of benzene rings is 1. The molecule has 0 aliphatic rings. The molecular formula is C18H31NO. The molecule has 0 heterocycles. The minimum atomic E-state index is 0.348. The summed E-state index contributed by atoms with van der Waals surface area (Å²) in [4.78, 5) is 0. The van der Waals surface area contributed by atoms with E-state index in [4.69, 9.17) is 4.74 Å². The van der Waals surface area contributed by atoms with E-state index in [-0.39, 0.29) is 0 Å². The third-order valence-corrected chi connectivity index (χ3v) is 4.32. The van der Waals surface area contributed by atoms with Gasteiger partial charge < -0.3 is 10.1 Å². The number of methoxy groups -OCH3 is 1. The molecule has 1 unspecified atom stereocenters. The van der Waals surface area contributed by atoms with Gasteiger partial charge in [-0.15, -0.1) is 0 Å². The van der Waals surface area contributed by atoms with Crippen molar-refractivity contribution in [1.29, 1.82) is 0 Å². The van der Waals surface area contributed by atoms with Gasteiger partial charge in [-0.3, -0.25) is 0 Å². The largest absolute Gasteiger partial charge is 0.496 e. The zero-order valence-corrected chi connectivity index (χ0v) is 13.7. The Labute approximate surface area is 124 Å². The third-order valence-electron chi connectivity index (χ3n) is 4.32. The smallest absolute Gasteiger partial charge is 0.122 e. The summed E-state index contributed by atoms with van der Waals surface area (Å²) in [5.41, 5.74) is 1.69. The van der Waals surface area contributed by atoms with Crippen LogP contribution in [-0.4, -0.2) is 20.2 Å². The van der Waals surface area contributed by atoms with Crippen LogP contribution in [0.2, 0.25) is 0 Å². The van der Waals surface area contributed by atoms with Crippen LogP contribution in [0.5, 0.6) is 5.75 Å². The Bertz CT molecular complexity index is 367. The maximum atomic E-state index is 5.52. The molecule has 0 aliphatic heterocycles. The molecule has 0 aromatic heterocycles. The molecule has 114 valence electrons. The first kappa shape index (κ1) is 17.0. The van der Waals surface area contributed by atoms with Crippen molar-refractivity contribution < 1.29 is 4.74 Å². The number of hydrogen-bond acceptors (Lipinski definition) is 2. The maximum absolute atomic E-state index is 5.52. The standard InChI is InChI=1S/C18H31NO/c1-5-8-13-18(6-2,15-19-7-3)14-16-11-9-10-12-17(16)20-4/h9-12,19H,5-8,13-15H2,1-4H3. The van der Waals surface area contributed by atoms with Crippen LogP contribution in [0.4, 0.5) is 0 Å². The summed E-state index contributed by atoms with van der Waals surface area (Å²) in [6.45, 7) is 8.92. The van der Waals surface area contributed by atoms with Crippen molar-refractivity contribution in [2.75, 3.05) is 20.2 Å². The van der Waals surface area contributed by atoms with E-state index < -0.39 is 0 Å². The van der Waals surface area contributed by atoms with Gasteiger partial charge in [0, 0.05) is 6.54 Å². The fourth-order valence-electron chi connectivity index (χ4n) is 2.86. The first-order valence-corrected chi connectivity index (χ1v) is 8.04. The van der Waals surface area contributed by atoms with E-state index >= 15 is 0 Å². The molecule has 0 amide bonds. The Morgan fingerprint density at radius 2 is 1.90 bits per heavy atom. The highest BCUT2D eigenvalue weighted by atomic mass is 16.5. The Morgan fingerprint density at radius 3 is 2.50 bits per heavy atom. The fraction of sp³-hybridized carbons (Fsp3) is 0.667. The monoisotopic (exact) mass is 277 g/mol. The van der Waals surface area contributed by atoms with Crippen molar-refractivity contribution in [3.05, 3.63) is 29.8 Å². The second-order valence-corrected chi connectivity index (χ2v) is 5.73. The molecule has 1 aromatic rings. The van der Waals surface area contributed by atoms with Gasteiger partial charge in [-0.05, 0) is 42.9 Å². The van der Waals surface area contributed by atoms with Crippen molar-refractivity contribution in [3.63, 3.8) is 0 Å². The molecule has 0 fully saturated rings. The lowest BCUT2D eigenvalue weighted by Crippen LogP contribution is -2.36. The number of ether oxygens (including phenoxy) is 1. The first-order chi connectivity index (χ1) is 9.71. The number of rotatable bonds is 10. The van der Waals surface area contributed by atoms with Crippen LogP contribution >= 0.6 is 0 Å². The molecule has 0 aliphatic carbocycles. The normalized spacial score (nSPS) is 14.0. The maximum Gasteiger partial charge on any atom is 0.122 e. The van der Waals surface area contributed by atoms with Crippen LogP contribution in [0, 0.1) is 5.41 Å². The molecule has 1 atom stereocenters. The lowest BCUT2D eigenvalue weighted by atomic mass is 9.75. The van der Waals surface area contributed by atoms with Gasteiger partial charge >= 0.3 is 0 Å². The molecule has 1 aromatic carbocycles. The second kappa shape index (κ2) is 9.02. The second-order valence-electron chi connectivity index (χ2n) is 5.73. The van der Waals surface area contributed by atoms with Crippen LogP contribution in [-0.2, 0) is 6.42 Å². The highest BCUT2D eigenvalue weighted by molar-refractivity contribution is 5.34. The SMILES string of the molecule is CCCCC(CC)(CNCC)Cc1ccccc1OC. The van der Waals surface area contributed by atoms with E-state index in [2.05, 4.69) is 44.3 Å². The van der Waals surface area contributed by atoms with Gasteiger partial charge in [0.1, 0.15) is 5.75 Å². The summed E-state index contributed by atoms with van der Waals surface area (Å²) in [6, 6.07) is 8.45. The van der Waals surface area contributed by atoms with E-state index in [9.17, 15) is 0 Å². The van der Waals surface area contributed by atoms with Crippen molar-refractivity contribution >= 4 is 0 Å². The summed E-state index contributed by atoms with van der Waals surface area (Å²) in [6.07, 6.45) is 6.15. The number of nitrogens with one attached hydrogen (secondary N) is 1. The zero-order valence-electron chi connectivity index (χ0n) is 13.7. The van der Waals surface area contributed by atoms with E-state index in [0.717, 1.165) is 25.3 Å². The summed E-state index contributed by atoms with van der Waals surface area (Å²) < 4.78 is 5.52. The van der Waals surface area contributed by atoms with Gasteiger partial charge in [0.05, 0.1) is 7.11 Å². The molecule has 0 radical (unpaired) electrons. The third kappa shape index (κ3) is 4.82. The molecule has 2 nitrogen and oxygen atoms in total.